The fraction of sp³-hybridized carbons (Fsp3) is 0.400. The van der Waals surface area contributed by atoms with Crippen LogP contribution in [0.2, 0.25) is 0 Å². The SMILES string of the molecule is CC(C)(C)C1CCCc2ccc(-c3ccccc3)cc21. The van der Waals surface area contributed by atoms with Gasteiger partial charge in [0.05, 0.1) is 0 Å². The summed E-state index contributed by atoms with van der Waals surface area (Å²) in [6.45, 7) is 7.13. The molecule has 0 heterocycles. The second kappa shape index (κ2) is 5.09. The van der Waals surface area contributed by atoms with Crippen LogP contribution < -0.4 is 0 Å². The van der Waals surface area contributed by atoms with E-state index in [4.69, 9.17) is 0 Å². The van der Waals surface area contributed by atoms with Gasteiger partial charge in [-0.05, 0) is 52.8 Å². The summed E-state index contributed by atoms with van der Waals surface area (Å²) in [4.78, 5) is 0. The van der Waals surface area contributed by atoms with Gasteiger partial charge >= 0.3 is 0 Å². The van der Waals surface area contributed by atoms with Gasteiger partial charge in [0.25, 0.3) is 0 Å². The molecule has 0 amide bonds. The second-order valence-corrected chi connectivity index (χ2v) is 7.09. The predicted molar refractivity (Wildman–Crippen MR) is 87.0 cm³/mol. The van der Waals surface area contributed by atoms with E-state index in [1.807, 2.05) is 0 Å². The number of rotatable bonds is 1. The highest BCUT2D eigenvalue weighted by atomic mass is 14.3. The van der Waals surface area contributed by atoms with Gasteiger partial charge in [-0.15, -0.1) is 0 Å². The first-order valence-electron chi connectivity index (χ1n) is 7.74. The molecule has 20 heavy (non-hydrogen) atoms. The average molecular weight is 264 g/mol. The van der Waals surface area contributed by atoms with Gasteiger partial charge in [0.1, 0.15) is 0 Å². The Morgan fingerprint density at radius 3 is 2.35 bits per heavy atom. The molecule has 2 aromatic rings. The summed E-state index contributed by atoms with van der Waals surface area (Å²) in [5.74, 6) is 0.690. The number of hydrogen-bond acceptors (Lipinski definition) is 0. The van der Waals surface area contributed by atoms with Crippen LogP contribution in [0.3, 0.4) is 0 Å². The van der Waals surface area contributed by atoms with Crippen molar-refractivity contribution in [3.05, 3.63) is 59.7 Å². The van der Waals surface area contributed by atoms with Crippen molar-refractivity contribution in [1.29, 1.82) is 0 Å². The zero-order valence-electron chi connectivity index (χ0n) is 12.8. The number of benzene rings is 2. The Bertz CT molecular complexity index is 587. The Kier molecular flexibility index (Phi) is 3.41. The first-order chi connectivity index (χ1) is 9.55. The van der Waals surface area contributed by atoms with Crippen molar-refractivity contribution in [1.82, 2.24) is 0 Å². The van der Waals surface area contributed by atoms with Crippen LogP contribution in [0.1, 0.15) is 50.7 Å². The average Bonchev–Trinajstić information content (AvgIpc) is 2.46. The Morgan fingerprint density at radius 1 is 0.900 bits per heavy atom. The molecule has 0 saturated carbocycles. The first kappa shape index (κ1) is 13.4. The normalized spacial score (nSPS) is 18.6. The Hall–Kier alpha value is -1.56. The van der Waals surface area contributed by atoms with Crippen molar-refractivity contribution in [2.24, 2.45) is 5.41 Å². The highest BCUT2D eigenvalue weighted by molar-refractivity contribution is 5.65. The molecule has 1 unspecified atom stereocenters. The summed E-state index contributed by atoms with van der Waals surface area (Å²) in [6, 6.07) is 17.8. The monoisotopic (exact) mass is 264 g/mol. The lowest BCUT2D eigenvalue weighted by molar-refractivity contribution is 0.289. The van der Waals surface area contributed by atoms with E-state index in [2.05, 4.69) is 69.3 Å². The van der Waals surface area contributed by atoms with E-state index in [-0.39, 0.29) is 0 Å². The van der Waals surface area contributed by atoms with E-state index in [0.717, 1.165) is 0 Å². The summed E-state index contributed by atoms with van der Waals surface area (Å²) >= 11 is 0. The van der Waals surface area contributed by atoms with Gasteiger partial charge in [0.2, 0.25) is 0 Å². The number of hydrogen-bond donors (Lipinski definition) is 0. The highest BCUT2D eigenvalue weighted by Gasteiger charge is 2.30. The lowest BCUT2D eigenvalue weighted by Crippen LogP contribution is -2.23. The smallest absolute Gasteiger partial charge is 0.0110 e. The molecular weight excluding hydrogens is 240 g/mol. The van der Waals surface area contributed by atoms with Crippen LogP contribution in [0.4, 0.5) is 0 Å². The van der Waals surface area contributed by atoms with E-state index in [1.54, 1.807) is 11.1 Å². The summed E-state index contributed by atoms with van der Waals surface area (Å²) < 4.78 is 0. The molecule has 2 aromatic carbocycles. The van der Waals surface area contributed by atoms with Gasteiger partial charge in [-0.3, -0.25) is 0 Å². The summed E-state index contributed by atoms with van der Waals surface area (Å²) in [5.41, 5.74) is 6.19. The molecule has 0 radical (unpaired) electrons. The van der Waals surface area contributed by atoms with E-state index in [0.29, 0.717) is 11.3 Å². The third-order valence-corrected chi connectivity index (χ3v) is 4.61. The maximum atomic E-state index is 2.44. The molecule has 1 atom stereocenters. The molecular formula is C20H24. The molecule has 0 spiro atoms. The number of aryl methyl sites for hydroxylation is 1. The Balaban J connectivity index is 2.07. The molecule has 0 fully saturated rings. The zero-order valence-corrected chi connectivity index (χ0v) is 12.8. The maximum absolute atomic E-state index is 2.44. The minimum Gasteiger partial charge on any atom is -0.0622 e. The third kappa shape index (κ3) is 2.52. The molecule has 104 valence electrons. The van der Waals surface area contributed by atoms with Crippen LogP contribution in [0.5, 0.6) is 0 Å². The number of fused-ring (bicyclic) bond motifs is 1. The van der Waals surface area contributed by atoms with E-state index >= 15 is 0 Å². The standard InChI is InChI=1S/C20H24/c1-20(2,3)19-11-7-10-16-12-13-17(14-18(16)19)15-8-5-4-6-9-15/h4-6,8-9,12-14,19H,7,10-11H2,1-3H3. The Labute approximate surface area is 122 Å². The molecule has 0 nitrogen and oxygen atoms in total. The fourth-order valence-corrected chi connectivity index (χ4v) is 3.51. The van der Waals surface area contributed by atoms with Gasteiger partial charge in [-0.25, -0.2) is 0 Å². The van der Waals surface area contributed by atoms with Gasteiger partial charge in [-0.2, -0.15) is 0 Å². The minimum absolute atomic E-state index is 0.352. The summed E-state index contributed by atoms with van der Waals surface area (Å²) in [5, 5.41) is 0. The van der Waals surface area contributed by atoms with Crippen molar-refractivity contribution in [3.63, 3.8) is 0 Å². The largest absolute Gasteiger partial charge is 0.0622 e. The van der Waals surface area contributed by atoms with Crippen LogP contribution in [-0.2, 0) is 6.42 Å². The molecule has 0 aliphatic heterocycles. The lowest BCUT2D eigenvalue weighted by atomic mass is 9.69. The summed E-state index contributed by atoms with van der Waals surface area (Å²) in [7, 11) is 0. The Morgan fingerprint density at radius 2 is 1.65 bits per heavy atom. The van der Waals surface area contributed by atoms with Crippen molar-refractivity contribution >= 4 is 0 Å². The van der Waals surface area contributed by atoms with Gasteiger partial charge in [0.15, 0.2) is 0 Å². The van der Waals surface area contributed by atoms with Gasteiger partial charge in [-0.1, -0.05) is 69.3 Å². The van der Waals surface area contributed by atoms with Crippen LogP contribution in [0.15, 0.2) is 48.5 Å². The molecule has 0 aromatic heterocycles. The van der Waals surface area contributed by atoms with Crippen LogP contribution in [0, 0.1) is 5.41 Å². The van der Waals surface area contributed by atoms with E-state index in [1.165, 1.54) is 30.4 Å². The first-order valence-corrected chi connectivity index (χ1v) is 7.74. The van der Waals surface area contributed by atoms with Crippen molar-refractivity contribution in [2.45, 2.75) is 46.0 Å². The molecule has 1 aliphatic rings. The molecule has 0 saturated heterocycles. The van der Waals surface area contributed by atoms with Crippen molar-refractivity contribution in [3.8, 4) is 11.1 Å². The van der Waals surface area contributed by atoms with E-state index < -0.39 is 0 Å². The molecule has 0 bridgehead atoms. The molecule has 1 aliphatic carbocycles. The minimum atomic E-state index is 0.352. The molecule has 0 N–H and O–H groups in total. The zero-order chi connectivity index (χ0) is 14.2. The fourth-order valence-electron chi connectivity index (χ4n) is 3.51. The van der Waals surface area contributed by atoms with Crippen LogP contribution in [0.25, 0.3) is 11.1 Å². The van der Waals surface area contributed by atoms with Crippen molar-refractivity contribution < 1.29 is 0 Å². The van der Waals surface area contributed by atoms with Crippen LogP contribution >= 0.6 is 0 Å². The molecule has 0 heteroatoms. The predicted octanol–water partition coefficient (Wildman–Crippen LogP) is 5.82. The van der Waals surface area contributed by atoms with Crippen LogP contribution in [-0.4, -0.2) is 0 Å². The maximum Gasteiger partial charge on any atom is -0.0110 e. The lowest BCUT2D eigenvalue weighted by Gasteiger charge is -2.36. The second-order valence-electron chi connectivity index (χ2n) is 7.09. The molecule has 3 rings (SSSR count). The topological polar surface area (TPSA) is 0 Å². The highest BCUT2D eigenvalue weighted by Crippen LogP contribution is 2.44. The third-order valence-electron chi connectivity index (χ3n) is 4.61. The van der Waals surface area contributed by atoms with Gasteiger partial charge in [0, 0.05) is 0 Å². The van der Waals surface area contributed by atoms with Crippen molar-refractivity contribution in [2.75, 3.05) is 0 Å². The summed E-state index contributed by atoms with van der Waals surface area (Å²) in [6.07, 6.45) is 3.91. The quantitative estimate of drug-likeness (QED) is 0.609. The van der Waals surface area contributed by atoms with Gasteiger partial charge < -0.3 is 0 Å². The van der Waals surface area contributed by atoms with E-state index in [9.17, 15) is 0 Å².